The predicted octanol–water partition coefficient (Wildman–Crippen LogP) is 3.35. The number of aromatic nitrogens is 2. The maximum atomic E-state index is 12.3. The number of imidazole rings is 1. The van der Waals surface area contributed by atoms with Crippen molar-refractivity contribution < 1.29 is 44.6 Å². The van der Waals surface area contributed by atoms with E-state index >= 15 is 0 Å². The van der Waals surface area contributed by atoms with Crippen LogP contribution in [-0.2, 0) is 24.1 Å². The molecular formula is C43H42N5NaO3. The molecule has 0 aliphatic heterocycles. The van der Waals surface area contributed by atoms with E-state index in [2.05, 4.69) is 46.8 Å². The summed E-state index contributed by atoms with van der Waals surface area (Å²) in [6.07, 6.45) is 1.33. The molecule has 5 aromatic carbocycles. The smallest absolute Gasteiger partial charge is 0.543 e. The molecule has 0 atom stereocenters. The van der Waals surface area contributed by atoms with Crippen LogP contribution >= 0.6 is 0 Å². The fourth-order valence-corrected chi connectivity index (χ4v) is 6.61. The Bertz CT molecular complexity index is 2030. The quantitative estimate of drug-likeness (QED) is 0.0558. The van der Waals surface area contributed by atoms with Crippen LogP contribution in [0.1, 0.15) is 77.0 Å². The molecule has 0 aliphatic rings. The molecule has 1 aromatic heterocycles. The second-order valence-electron chi connectivity index (χ2n) is 13.1. The van der Waals surface area contributed by atoms with Crippen molar-refractivity contribution in [1.29, 1.82) is 0 Å². The summed E-state index contributed by atoms with van der Waals surface area (Å²) in [5, 5.41) is 27.9. The second kappa shape index (κ2) is 16.6. The van der Waals surface area contributed by atoms with Gasteiger partial charge in [0.2, 0.25) is 0 Å². The molecule has 1 heterocycles. The minimum atomic E-state index is -1.43. The summed E-state index contributed by atoms with van der Waals surface area (Å²) in [4.78, 5) is 16.8. The topological polar surface area (TPSA) is 129 Å². The number of carbonyl (C=O) groups excluding carboxylic acids is 1. The summed E-state index contributed by atoms with van der Waals surface area (Å²) in [5.74, 6) is -0.453. The molecule has 6 rings (SSSR count). The summed E-state index contributed by atoms with van der Waals surface area (Å²) in [6, 6.07) is 46.4. The molecule has 8 nitrogen and oxygen atoms in total. The number of nitrogens with zero attached hydrogens (tertiary/aromatic N) is 3. The Morgan fingerprint density at radius 2 is 1.31 bits per heavy atom. The number of aliphatic hydroxyl groups is 1. The first-order chi connectivity index (χ1) is 24.6. The van der Waals surface area contributed by atoms with Crippen molar-refractivity contribution in [3.63, 3.8) is 0 Å². The van der Waals surface area contributed by atoms with Gasteiger partial charge in [0.15, 0.2) is 5.84 Å². The number of nitrogens with two attached hydrogens (primary N) is 1. The minimum absolute atomic E-state index is 0. The van der Waals surface area contributed by atoms with Gasteiger partial charge in [-0.3, -0.25) is 5.43 Å². The van der Waals surface area contributed by atoms with E-state index in [1.807, 2.05) is 110 Å². The Morgan fingerprint density at radius 1 is 0.808 bits per heavy atom. The molecule has 0 saturated carbocycles. The van der Waals surface area contributed by atoms with Crippen LogP contribution in [-0.4, -0.2) is 26.5 Å². The van der Waals surface area contributed by atoms with Gasteiger partial charge >= 0.3 is 29.6 Å². The molecule has 9 heteroatoms. The van der Waals surface area contributed by atoms with Gasteiger partial charge in [-0.25, -0.2) is 4.98 Å². The fourth-order valence-electron chi connectivity index (χ4n) is 6.61. The summed E-state index contributed by atoms with van der Waals surface area (Å²) in [5.41, 5.74) is 14.6. The van der Waals surface area contributed by atoms with Crippen molar-refractivity contribution in [2.45, 2.75) is 51.3 Å². The zero-order valence-corrected chi connectivity index (χ0v) is 32.1. The van der Waals surface area contributed by atoms with Crippen LogP contribution in [0.2, 0.25) is 0 Å². The molecule has 4 N–H and O–H groups in total. The Morgan fingerprint density at radius 3 is 1.79 bits per heavy atom. The first-order valence-corrected chi connectivity index (χ1v) is 17.1. The van der Waals surface area contributed by atoms with Gasteiger partial charge in [-0.15, -0.1) is 0 Å². The van der Waals surface area contributed by atoms with E-state index in [4.69, 9.17) is 10.8 Å². The Labute approximate surface area is 327 Å². The third-order valence-corrected chi connectivity index (χ3v) is 9.07. The second-order valence-corrected chi connectivity index (χ2v) is 13.1. The van der Waals surface area contributed by atoms with E-state index in [-0.39, 0.29) is 47.5 Å². The molecule has 258 valence electrons. The standard InChI is InChI=1S/C43H43N5O3.Na/c1-4-16-37-45-39(42(2,3)51)38(41(49)50)48(37)29-30-25-27-31(28-26-30)35-23-14-15-24-36(35)40(44)46-47-43(32-17-8-5-9-18-32,33-19-10-6-11-20-33)34-21-12-7-13-22-34;/h5-15,17-28,47,51H,4,16,29H2,1-3H3,(H2,44,46)(H,49,50);/q;+1/p-1. The summed E-state index contributed by atoms with van der Waals surface area (Å²) in [7, 11) is 0. The average molecular weight is 700 g/mol. The molecule has 0 radical (unpaired) electrons. The maximum Gasteiger partial charge on any atom is 1.00 e. The molecule has 6 aromatic rings. The maximum absolute atomic E-state index is 12.3. The number of carboxylic acids is 1. The van der Waals surface area contributed by atoms with Crippen molar-refractivity contribution in [2.75, 3.05) is 0 Å². The van der Waals surface area contributed by atoms with Gasteiger partial charge in [0.05, 0.1) is 17.4 Å². The number of hydrazone groups is 1. The number of nitrogens with one attached hydrogen (secondary N) is 1. The molecule has 0 aliphatic carbocycles. The van der Waals surface area contributed by atoms with Crippen LogP contribution in [0.25, 0.3) is 11.1 Å². The molecule has 0 spiro atoms. The van der Waals surface area contributed by atoms with Crippen LogP contribution < -0.4 is 45.8 Å². The van der Waals surface area contributed by atoms with Crippen LogP contribution in [0.4, 0.5) is 0 Å². The third-order valence-electron chi connectivity index (χ3n) is 9.07. The number of carboxylic acid groups (broad SMARTS) is 1. The van der Waals surface area contributed by atoms with E-state index in [1.54, 1.807) is 4.57 Å². The van der Waals surface area contributed by atoms with Crippen molar-refractivity contribution >= 4 is 11.8 Å². The molecule has 0 saturated heterocycles. The monoisotopic (exact) mass is 699 g/mol. The van der Waals surface area contributed by atoms with Gasteiger partial charge in [-0.1, -0.05) is 146 Å². The summed E-state index contributed by atoms with van der Waals surface area (Å²) >= 11 is 0. The molecule has 52 heavy (non-hydrogen) atoms. The predicted molar refractivity (Wildman–Crippen MR) is 200 cm³/mol. The Hall–Kier alpha value is -4.99. The zero-order chi connectivity index (χ0) is 36.0. The number of aromatic carboxylic acids is 1. The normalized spacial score (nSPS) is 11.9. The van der Waals surface area contributed by atoms with Crippen LogP contribution in [0.5, 0.6) is 0 Å². The molecule has 0 bridgehead atoms. The van der Waals surface area contributed by atoms with Gasteiger partial charge in [-0.2, -0.15) is 5.10 Å². The van der Waals surface area contributed by atoms with E-state index in [1.165, 1.54) is 13.8 Å². The number of hydrogen-bond acceptors (Lipinski definition) is 6. The summed E-state index contributed by atoms with van der Waals surface area (Å²) < 4.78 is 1.64. The van der Waals surface area contributed by atoms with Crippen LogP contribution in [0.15, 0.2) is 145 Å². The fraction of sp³-hybridized carbons (Fsp3) is 0.186. The van der Waals surface area contributed by atoms with Crippen molar-refractivity contribution in [1.82, 2.24) is 15.0 Å². The largest absolute Gasteiger partial charge is 1.00 e. The number of carbonyl (C=O) groups is 1. The number of rotatable bonds is 13. The van der Waals surface area contributed by atoms with Gasteiger partial charge < -0.3 is 25.3 Å². The van der Waals surface area contributed by atoms with Gasteiger partial charge in [0, 0.05) is 18.5 Å². The molecule has 0 unspecified atom stereocenters. The number of aryl methyl sites for hydroxylation is 1. The third kappa shape index (κ3) is 7.91. The van der Waals surface area contributed by atoms with Gasteiger partial charge in [0.1, 0.15) is 17.0 Å². The average Bonchev–Trinajstić information content (AvgIpc) is 3.52. The molecule has 0 fully saturated rings. The number of hydrogen-bond donors (Lipinski definition) is 3. The van der Waals surface area contributed by atoms with Crippen LogP contribution in [0.3, 0.4) is 0 Å². The van der Waals surface area contributed by atoms with Crippen molar-refractivity contribution in [3.05, 3.63) is 185 Å². The first-order valence-electron chi connectivity index (χ1n) is 17.1. The van der Waals surface area contributed by atoms with E-state index in [0.29, 0.717) is 18.1 Å². The minimum Gasteiger partial charge on any atom is -0.543 e. The number of benzene rings is 5. The number of amidine groups is 1. The van der Waals surface area contributed by atoms with E-state index < -0.39 is 17.1 Å². The van der Waals surface area contributed by atoms with Gasteiger partial charge in [0.25, 0.3) is 0 Å². The van der Waals surface area contributed by atoms with E-state index in [0.717, 1.165) is 45.4 Å². The summed E-state index contributed by atoms with van der Waals surface area (Å²) in [6.45, 7) is 5.33. The van der Waals surface area contributed by atoms with Crippen molar-refractivity contribution in [2.24, 2.45) is 10.8 Å². The zero-order valence-electron chi connectivity index (χ0n) is 30.1. The van der Waals surface area contributed by atoms with Crippen molar-refractivity contribution in [3.8, 4) is 11.1 Å². The Kier molecular flexibility index (Phi) is 12.2. The van der Waals surface area contributed by atoms with E-state index in [9.17, 15) is 15.0 Å². The molecular weight excluding hydrogens is 657 g/mol. The Balaban J connectivity index is 0.00000523. The molecule has 0 amide bonds. The van der Waals surface area contributed by atoms with Gasteiger partial charge in [-0.05, 0) is 53.6 Å². The first kappa shape index (κ1) is 38.2. The van der Waals surface area contributed by atoms with Crippen LogP contribution in [0, 0.1) is 0 Å². The SMILES string of the molecule is CCCc1nc(C(C)(C)O)c(C(=O)[O-])n1Cc1ccc(-c2ccccc2/C(N)=N/NC(c2ccccc2)(c2ccccc2)c2ccccc2)cc1.[Na+].